The standard InChI is InChI=1S/C15H11NO2/c16-14(17)9-8-10-4-3-6-12-11-5-1-2-7-13(11)18-15(10)12/h1-9H,(H2,16,17). The molecule has 3 rings (SSSR count). The van der Waals surface area contributed by atoms with Gasteiger partial charge >= 0.3 is 0 Å². The minimum Gasteiger partial charge on any atom is -0.455 e. The Morgan fingerprint density at radius 2 is 1.83 bits per heavy atom. The molecule has 18 heavy (non-hydrogen) atoms. The van der Waals surface area contributed by atoms with Crippen LogP contribution in [0.3, 0.4) is 0 Å². The first-order valence-corrected chi connectivity index (χ1v) is 5.63. The van der Waals surface area contributed by atoms with Crippen LogP contribution in [0.25, 0.3) is 28.0 Å². The molecule has 0 saturated carbocycles. The van der Waals surface area contributed by atoms with Crippen LogP contribution in [0.1, 0.15) is 5.56 Å². The zero-order valence-corrected chi connectivity index (χ0v) is 9.59. The van der Waals surface area contributed by atoms with Gasteiger partial charge in [0, 0.05) is 22.4 Å². The first kappa shape index (κ1) is 10.6. The Labute approximate surface area is 103 Å². The van der Waals surface area contributed by atoms with Gasteiger partial charge in [-0.1, -0.05) is 36.4 Å². The van der Waals surface area contributed by atoms with Gasteiger partial charge in [-0.2, -0.15) is 0 Å². The maximum Gasteiger partial charge on any atom is 0.241 e. The highest BCUT2D eigenvalue weighted by atomic mass is 16.3. The molecule has 2 N–H and O–H groups in total. The van der Waals surface area contributed by atoms with Crippen molar-refractivity contribution >= 4 is 33.9 Å². The fraction of sp³-hybridized carbons (Fsp3) is 0. The van der Waals surface area contributed by atoms with E-state index in [-0.39, 0.29) is 0 Å². The summed E-state index contributed by atoms with van der Waals surface area (Å²) in [5, 5.41) is 2.11. The fourth-order valence-corrected chi connectivity index (χ4v) is 2.07. The molecule has 2 aromatic carbocycles. The van der Waals surface area contributed by atoms with Crippen molar-refractivity contribution in [2.75, 3.05) is 0 Å². The molecule has 88 valence electrons. The third-order valence-electron chi connectivity index (χ3n) is 2.86. The molecule has 1 amide bonds. The SMILES string of the molecule is NC(=O)C=Cc1cccc2c1oc1ccccc12. The average molecular weight is 237 g/mol. The number of amides is 1. The molecule has 3 nitrogen and oxygen atoms in total. The number of fused-ring (bicyclic) bond motifs is 3. The van der Waals surface area contributed by atoms with Gasteiger partial charge in [-0.3, -0.25) is 4.79 Å². The van der Waals surface area contributed by atoms with Gasteiger partial charge in [0.15, 0.2) is 0 Å². The quantitative estimate of drug-likeness (QED) is 0.696. The van der Waals surface area contributed by atoms with Crippen molar-refractivity contribution in [1.82, 2.24) is 0 Å². The minimum absolute atomic E-state index is 0.469. The number of primary amides is 1. The number of hydrogen-bond acceptors (Lipinski definition) is 2. The van der Waals surface area contributed by atoms with Crippen LogP contribution in [0.15, 0.2) is 53.0 Å². The Kier molecular flexibility index (Phi) is 2.38. The molecule has 0 bridgehead atoms. The molecule has 0 saturated heterocycles. The average Bonchev–Trinajstić information content (AvgIpc) is 2.75. The summed E-state index contributed by atoms with van der Waals surface area (Å²) < 4.78 is 5.81. The Balaban J connectivity index is 2.31. The first-order chi connectivity index (χ1) is 8.75. The topological polar surface area (TPSA) is 56.2 Å². The zero-order valence-electron chi connectivity index (χ0n) is 9.59. The number of carbonyl (C=O) groups excluding carboxylic acids is 1. The number of para-hydroxylation sites is 2. The zero-order chi connectivity index (χ0) is 12.5. The van der Waals surface area contributed by atoms with Crippen LogP contribution in [0.2, 0.25) is 0 Å². The van der Waals surface area contributed by atoms with Crippen molar-refractivity contribution in [3.05, 3.63) is 54.1 Å². The van der Waals surface area contributed by atoms with E-state index in [4.69, 9.17) is 10.2 Å². The third kappa shape index (κ3) is 1.66. The van der Waals surface area contributed by atoms with Crippen LogP contribution in [-0.4, -0.2) is 5.91 Å². The predicted octanol–water partition coefficient (Wildman–Crippen LogP) is 3.08. The van der Waals surface area contributed by atoms with E-state index < -0.39 is 5.91 Å². The molecule has 0 aliphatic heterocycles. The van der Waals surface area contributed by atoms with Crippen molar-refractivity contribution in [3.8, 4) is 0 Å². The molecule has 3 heteroatoms. The van der Waals surface area contributed by atoms with E-state index in [1.165, 1.54) is 6.08 Å². The second-order valence-electron chi connectivity index (χ2n) is 4.06. The highest BCUT2D eigenvalue weighted by molar-refractivity contribution is 6.07. The molecule has 0 aliphatic rings. The predicted molar refractivity (Wildman–Crippen MR) is 71.9 cm³/mol. The summed E-state index contributed by atoms with van der Waals surface area (Å²) in [6.45, 7) is 0. The van der Waals surface area contributed by atoms with Crippen LogP contribution in [0, 0.1) is 0 Å². The molecule has 3 aromatic rings. The van der Waals surface area contributed by atoms with Crippen molar-refractivity contribution in [3.63, 3.8) is 0 Å². The molecule has 1 aromatic heterocycles. The van der Waals surface area contributed by atoms with E-state index in [1.54, 1.807) is 6.08 Å². The second kappa shape index (κ2) is 4.04. The molecule has 1 heterocycles. The van der Waals surface area contributed by atoms with Gasteiger partial charge in [-0.25, -0.2) is 0 Å². The summed E-state index contributed by atoms with van der Waals surface area (Å²) in [4.78, 5) is 10.8. The summed E-state index contributed by atoms with van der Waals surface area (Å²) in [6, 6.07) is 13.7. The Morgan fingerprint density at radius 3 is 2.67 bits per heavy atom. The number of benzene rings is 2. The largest absolute Gasteiger partial charge is 0.455 e. The lowest BCUT2D eigenvalue weighted by Gasteiger charge is -1.94. The van der Waals surface area contributed by atoms with Gasteiger partial charge in [-0.15, -0.1) is 0 Å². The van der Waals surface area contributed by atoms with Crippen molar-refractivity contribution < 1.29 is 9.21 Å². The minimum atomic E-state index is -0.469. The van der Waals surface area contributed by atoms with Crippen LogP contribution in [0.5, 0.6) is 0 Å². The van der Waals surface area contributed by atoms with E-state index in [0.717, 1.165) is 27.5 Å². The van der Waals surface area contributed by atoms with Crippen molar-refractivity contribution in [2.45, 2.75) is 0 Å². The van der Waals surface area contributed by atoms with E-state index in [2.05, 4.69) is 0 Å². The van der Waals surface area contributed by atoms with Gasteiger partial charge in [0.05, 0.1) is 0 Å². The van der Waals surface area contributed by atoms with Crippen LogP contribution in [-0.2, 0) is 4.79 Å². The lowest BCUT2D eigenvalue weighted by molar-refractivity contribution is -0.113. The van der Waals surface area contributed by atoms with Gasteiger partial charge in [-0.05, 0) is 12.1 Å². The molecular formula is C15H11NO2. The highest BCUT2D eigenvalue weighted by Crippen LogP contribution is 2.31. The van der Waals surface area contributed by atoms with E-state index in [9.17, 15) is 4.79 Å². The monoisotopic (exact) mass is 237 g/mol. The van der Waals surface area contributed by atoms with E-state index in [0.29, 0.717) is 0 Å². The fourth-order valence-electron chi connectivity index (χ4n) is 2.07. The Morgan fingerprint density at radius 1 is 1.06 bits per heavy atom. The smallest absolute Gasteiger partial charge is 0.241 e. The molecular weight excluding hydrogens is 226 g/mol. The lowest BCUT2D eigenvalue weighted by atomic mass is 10.1. The van der Waals surface area contributed by atoms with Crippen LogP contribution >= 0.6 is 0 Å². The maximum atomic E-state index is 10.8. The number of hydrogen-bond donors (Lipinski definition) is 1. The van der Waals surface area contributed by atoms with Gasteiger partial charge in [0.25, 0.3) is 0 Å². The second-order valence-corrected chi connectivity index (χ2v) is 4.06. The first-order valence-electron chi connectivity index (χ1n) is 5.63. The van der Waals surface area contributed by atoms with Gasteiger partial charge in [0.1, 0.15) is 11.2 Å². The summed E-state index contributed by atoms with van der Waals surface area (Å²) in [5.74, 6) is -0.469. The molecule has 0 spiro atoms. The number of furan rings is 1. The molecule has 0 unspecified atom stereocenters. The normalized spacial score (nSPS) is 11.6. The Bertz CT molecular complexity index is 768. The Hall–Kier alpha value is -2.55. The lowest BCUT2D eigenvalue weighted by Crippen LogP contribution is -2.05. The van der Waals surface area contributed by atoms with Gasteiger partial charge < -0.3 is 10.2 Å². The third-order valence-corrected chi connectivity index (χ3v) is 2.86. The summed E-state index contributed by atoms with van der Waals surface area (Å²) in [5.41, 5.74) is 7.57. The molecule has 0 fully saturated rings. The number of rotatable bonds is 2. The number of nitrogens with two attached hydrogens (primary N) is 1. The van der Waals surface area contributed by atoms with Crippen LogP contribution in [0.4, 0.5) is 0 Å². The van der Waals surface area contributed by atoms with E-state index >= 15 is 0 Å². The summed E-state index contributed by atoms with van der Waals surface area (Å²) in [7, 11) is 0. The number of carbonyl (C=O) groups is 1. The highest BCUT2D eigenvalue weighted by Gasteiger charge is 2.08. The van der Waals surface area contributed by atoms with Crippen molar-refractivity contribution in [2.24, 2.45) is 5.73 Å². The summed E-state index contributed by atoms with van der Waals surface area (Å²) in [6.07, 6.45) is 3.01. The van der Waals surface area contributed by atoms with Crippen molar-refractivity contribution in [1.29, 1.82) is 0 Å². The summed E-state index contributed by atoms with van der Waals surface area (Å²) >= 11 is 0. The molecule has 0 aliphatic carbocycles. The van der Waals surface area contributed by atoms with Crippen LogP contribution < -0.4 is 5.73 Å². The van der Waals surface area contributed by atoms with Gasteiger partial charge in [0.2, 0.25) is 5.91 Å². The van der Waals surface area contributed by atoms with E-state index in [1.807, 2.05) is 42.5 Å². The molecule has 0 atom stereocenters. The maximum absolute atomic E-state index is 10.8. The molecule has 0 radical (unpaired) electrons.